The van der Waals surface area contributed by atoms with Crippen LogP contribution in [0, 0.1) is 0 Å². The largest absolute Gasteiger partial charge is 0.394 e. The first-order valence-electron chi connectivity index (χ1n) is 8.61. The van der Waals surface area contributed by atoms with Crippen molar-refractivity contribution >= 4 is 21.8 Å². The maximum absolute atomic E-state index is 12.6. The number of rotatable bonds is 4. The molecular formula is C20H21BrN2O2. The van der Waals surface area contributed by atoms with E-state index in [1.54, 1.807) is 0 Å². The van der Waals surface area contributed by atoms with Crippen molar-refractivity contribution in [1.82, 2.24) is 9.80 Å². The van der Waals surface area contributed by atoms with Gasteiger partial charge in [-0.1, -0.05) is 58.4 Å². The van der Waals surface area contributed by atoms with Crippen LogP contribution in [0.15, 0.2) is 59.1 Å². The summed E-state index contributed by atoms with van der Waals surface area (Å²) in [5, 5.41) is 9.81. The van der Waals surface area contributed by atoms with Gasteiger partial charge in [0.1, 0.15) is 0 Å². The quantitative estimate of drug-likeness (QED) is 0.857. The summed E-state index contributed by atoms with van der Waals surface area (Å²) in [4.78, 5) is 16.7. The average Bonchev–Trinajstić information content (AvgIpc) is 2.60. The number of fused-ring (bicyclic) bond motifs is 1. The van der Waals surface area contributed by atoms with Crippen molar-refractivity contribution < 1.29 is 9.90 Å². The molecule has 1 N–H and O–H groups in total. The van der Waals surface area contributed by atoms with Gasteiger partial charge < -0.3 is 10.0 Å². The van der Waals surface area contributed by atoms with Gasteiger partial charge in [-0.3, -0.25) is 9.69 Å². The molecule has 130 valence electrons. The van der Waals surface area contributed by atoms with E-state index in [1.807, 2.05) is 35.2 Å². The number of halogens is 1. The molecule has 0 saturated carbocycles. The van der Waals surface area contributed by atoms with Crippen molar-refractivity contribution in [2.45, 2.75) is 24.5 Å². The first-order chi connectivity index (χ1) is 12.2. The summed E-state index contributed by atoms with van der Waals surface area (Å²) in [6.45, 7) is 2.07. The summed E-state index contributed by atoms with van der Waals surface area (Å²) >= 11 is 3.47. The van der Waals surface area contributed by atoms with Gasteiger partial charge in [-0.2, -0.15) is 0 Å². The molecule has 2 saturated heterocycles. The SMILES string of the molecule is O=C1CN(Cc2ccccc2)C[C@H]2[C@H](c3ccc(Br)cc3)[C@H](CO)N12. The molecule has 2 aromatic rings. The zero-order chi connectivity index (χ0) is 17.4. The van der Waals surface area contributed by atoms with Crippen molar-refractivity contribution in [3.8, 4) is 0 Å². The van der Waals surface area contributed by atoms with Crippen LogP contribution in [0.5, 0.6) is 0 Å². The Kier molecular flexibility index (Phi) is 4.63. The second-order valence-corrected chi connectivity index (χ2v) is 7.77. The van der Waals surface area contributed by atoms with Crippen LogP contribution in [0.3, 0.4) is 0 Å². The Hall–Kier alpha value is -1.69. The molecule has 0 bridgehead atoms. The van der Waals surface area contributed by atoms with Gasteiger partial charge in [0.25, 0.3) is 0 Å². The number of carbonyl (C=O) groups excluding carboxylic acids is 1. The second kappa shape index (κ2) is 6.90. The van der Waals surface area contributed by atoms with Crippen LogP contribution in [0.4, 0.5) is 0 Å². The van der Waals surface area contributed by atoms with Gasteiger partial charge in [0.15, 0.2) is 0 Å². The third-order valence-electron chi connectivity index (χ3n) is 5.33. The molecule has 0 aromatic heterocycles. The zero-order valence-electron chi connectivity index (χ0n) is 13.9. The van der Waals surface area contributed by atoms with E-state index in [1.165, 1.54) is 11.1 Å². The number of aliphatic hydroxyl groups excluding tert-OH is 1. The topological polar surface area (TPSA) is 43.8 Å². The molecule has 2 fully saturated rings. The highest BCUT2D eigenvalue weighted by Gasteiger charge is 2.53. The molecule has 2 aliphatic heterocycles. The summed E-state index contributed by atoms with van der Waals surface area (Å²) in [7, 11) is 0. The molecular weight excluding hydrogens is 380 g/mol. The molecule has 3 atom stereocenters. The third-order valence-corrected chi connectivity index (χ3v) is 5.86. The fourth-order valence-corrected chi connectivity index (χ4v) is 4.48. The highest BCUT2D eigenvalue weighted by molar-refractivity contribution is 9.10. The van der Waals surface area contributed by atoms with Gasteiger partial charge >= 0.3 is 0 Å². The van der Waals surface area contributed by atoms with Crippen LogP contribution >= 0.6 is 15.9 Å². The standard InChI is InChI=1S/C20H21BrN2O2/c21-16-8-6-15(7-9-16)20-17-11-22(10-14-4-2-1-3-5-14)12-19(25)23(17)18(20)13-24/h1-9,17-18,20,24H,10-13H2/t17-,18-,20-/m0/s1. The summed E-state index contributed by atoms with van der Waals surface area (Å²) in [5.74, 6) is 0.320. The van der Waals surface area contributed by atoms with Gasteiger partial charge in [0, 0.05) is 23.5 Å². The van der Waals surface area contributed by atoms with Crippen LogP contribution in [-0.2, 0) is 11.3 Å². The Morgan fingerprint density at radius 3 is 2.48 bits per heavy atom. The molecule has 0 aliphatic carbocycles. The Labute approximate surface area is 156 Å². The molecule has 2 heterocycles. The number of nitrogens with zero attached hydrogens (tertiary/aromatic N) is 2. The maximum Gasteiger partial charge on any atom is 0.237 e. The zero-order valence-corrected chi connectivity index (χ0v) is 15.5. The predicted molar refractivity (Wildman–Crippen MR) is 100 cm³/mol. The Bertz CT molecular complexity index is 750. The van der Waals surface area contributed by atoms with Crippen LogP contribution in [-0.4, -0.2) is 52.6 Å². The van der Waals surface area contributed by atoms with Crippen LogP contribution in [0.2, 0.25) is 0 Å². The molecule has 4 nitrogen and oxygen atoms in total. The van der Waals surface area contributed by atoms with E-state index >= 15 is 0 Å². The van der Waals surface area contributed by atoms with E-state index in [0.717, 1.165) is 17.6 Å². The molecule has 1 amide bonds. The van der Waals surface area contributed by atoms with Crippen LogP contribution in [0.1, 0.15) is 17.0 Å². The van der Waals surface area contributed by atoms with E-state index < -0.39 is 0 Å². The highest BCUT2D eigenvalue weighted by Crippen LogP contribution is 2.43. The van der Waals surface area contributed by atoms with E-state index in [-0.39, 0.29) is 30.5 Å². The molecule has 0 unspecified atom stereocenters. The minimum atomic E-state index is -0.0995. The van der Waals surface area contributed by atoms with Gasteiger partial charge in [0.05, 0.1) is 25.2 Å². The molecule has 5 heteroatoms. The fourth-order valence-electron chi connectivity index (χ4n) is 4.21. The Balaban J connectivity index is 1.54. The van der Waals surface area contributed by atoms with E-state index in [2.05, 4.69) is 45.1 Å². The molecule has 0 radical (unpaired) electrons. The molecule has 2 aromatic carbocycles. The van der Waals surface area contributed by atoms with Gasteiger partial charge in [0.2, 0.25) is 5.91 Å². The summed E-state index contributed by atoms with van der Waals surface area (Å²) in [6.07, 6.45) is 0. The smallest absolute Gasteiger partial charge is 0.237 e. The van der Waals surface area contributed by atoms with Crippen LogP contribution < -0.4 is 0 Å². The number of aliphatic hydroxyl groups is 1. The third kappa shape index (κ3) is 3.12. The first kappa shape index (κ1) is 16.8. The minimum Gasteiger partial charge on any atom is -0.394 e. The molecule has 25 heavy (non-hydrogen) atoms. The van der Waals surface area contributed by atoms with Crippen molar-refractivity contribution in [2.75, 3.05) is 19.7 Å². The summed E-state index contributed by atoms with van der Waals surface area (Å²) < 4.78 is 1.04. The van der Waals surface area contributed by atoms with Crippen molar-refractivity contribution in [1.29, 1.82) is 0 Å². The van der Waals surface area contributed by atoms with E-state index in [0.29, 0.717) is 6.54 Å². The minimum absolute atomic E-state index is 0.0155. The fraction of sp³-hybridized carbons (Fsp3) is 0.350. The monoisotopic (exact) mass is 400 g/mol. The van der Waals surface area contributed by atoms with Gasteiger partial charge in [-0.05, 0) is 23.3 Å². The van der Waals surface area contributed by atoms with Crippen molar-refractivity contribution in [3.63, 3.8) is 0 Å². The second-order valence-electron chi connectivity index (χ2n) is 6.85. The number of hydrogen-bond acceptors (Lipinski definition) is 3. The Morgan fingerprint density at radius 1 is 1.08 bits per heavy atom. The van der Waals surface area contributed by atoms with Gasteiger partial charge in [-0.25, -0.2) is 0 Å². The van der Waals surface area contributed by atoms with Gasteiger partial charge in [-0.15, -0.1) is 0 Å². The summed E-state index contributed by atoms with van der Waals surface area (Å²) in [5.41, 5.74) is 2.42. The summed E-state index contributed by atoms with van der Waals surface area (Å²) in [6, 6.07) is 18.5. The van der Waals surface area contributed by atoms with E-state index in [9.17, 15) is 9.90 Å². The highest BCUT2D eigenvalue weighted by atomic mass is 79.9. The Morgan fingerprint density at radius 2 is 1.80 bits per heavy atom. The first-order valence-corrected chi connectivity index (χ1v) is 9.40. The average molecular weight is 401 g/mol. The normalized spacial score (nSPS) is 26.2. The number of amides is 1. The van der Waals surface area contributed by atoms with Crippen LogP contribution in [0.25, 0.3) is 0 Å². The number of carbonyl (C=O) groups is 1. The van der Waals surface area contributed by atoms with E-state index in [4.69, 9.17) is 0 Å². The maximum atomic E-state index is 12.6. The lowest BCUT2D eigenvalue weighted by Crippen LogP contribution is -2.72. The molecule has 4 rings (SSSR count). The lowest BCUT2D eigenvalue weighted by atomic mass is 9.74. The van der Waals surface area contributed by atoms with Crippen molar-refractivity contribution in [3.05, 3.63) is 70.2 Å². The molecule has 2 aliphatic rings. The lowest BCUT2D eigenvalue weighted by Gasteiger charge is -2.59. The number of hydrogen-bond donors (Lipinski definition) is 1. The van der Waals surface area contributed by atoms with Crippen molar-refractivity contribution in [2.24, 2.45) is 0 Å². The predicted octanol–water partition coefficient (Wildman–Crippen LogP) is 2.62. The molecule has 0 spiro atoms. The number of piperazine rings is 1. The lowest BCUT2D eigenvalue weighted by molar-refractivity contribution is -0.162. The number of benzene rings is 2.